The van der Waals surface area contributed by atoms with Crippen LogP contribution in [0.15, 0.2) is 12.1 Å². The van der Waals surface area contributed by atoms with E-state index in [-0.39, 0.29) is 12.9 Å². The Morgan fingerprint density at radius 3 is 2.65 bits per heavy atom. The molecule has 1 heterocycles. The molecule has 0 bridgehead atoms. The second kappa shape index (κ2) is 6.45. The lowest BCUT2D eigenvalue weighted by Gasteiger charge is -2.13. The van der Waals surface area contributed by atoms with Crippen molar-refractivity contribution in [2.24, 2.45) is 0 Å². The number of hydrogen-bond acceptors (Lipinski definition) is 4. The number of rotatable bonds is 6. The molecule has 0 aliphatic heterocycles. The average Bonchev–Trinajstić information content (AvgIpc) is 2.75. The van der Waals surface area contributed by atoms with Crippen LogP contribution in [0, 0.1) is 3.57 Å². The number of nitrogens with one attached hydrogen (secondary N) is 1. The fraction of sp³-hybridized carbons (Fsp3) is 0.357. The molecule has 6 heteroatoms. The number of carbonyl (C=O) groups is 1. The summed E-state index contributed by atoms with van der Waals surface area (Å²) in [7, 11) is 1.56. The van der Waals surface area contributed by atoms with Crippen LogP contribution in [-0.4, -0.2) is 31.3 Å². The molecule has 20 heavy (non-hydrogen) atoms. The number of aromatic amines is 1. The van der Waals surface area contributed by atoms with Gasteiger partial charge in [-0.05, 0) is 48.6 Å². The maximum atomic E-state index is 11.1. The predicted molar refractivity (Wildman–Crippen MR) is 84.7 cm³/mol. The van der Waals surface area contributed by atoms with Gasteiger partial charge in [0.1, 0.15) is 11.5 Å². The van der Waals surface area contributed by atoms with E-state index >= 15 is 0 Å². The van der Waals surface area contributed by atoms with Crippen molar-refractivity contribution in [3.8, 4) is 11.5 Å². The van der Waals surface area contributed by atoms with Crippen LogP contribution in [0.4, 0.5) is 0 Å². The maximum absolute atomic E-state index is 11.1. The molecule has 5 nitrogen and oxygen atoms in total. The van der Waals surface area contributed by atoms with Crippen molar-refractivity contribution in [3.63, 3.8) is 0 Å². The summed E-state index contributed by atoms with van der Waals surface area (Å²) in [5.41, 5.74) is 1.28. The molecule has 2 rings (SSSR count). The smallest absolute Gasteiger partial charge is 0.188 e. The zero-order chi connectivity index (χ0) is 14.7. The van der Waals surface area contributed by atoms with Crippen LogP contribution >= 0.6 is 22.6 Å². The average molecular weight is 389 g/mol. The van der Waals surface area contributed by atoms with E-state index in [9.17, 15) is 4.79 Å². The van der Waals surface area contributed by atoms with Crippen molar-refractivity contribution in [1.82, 2.24) is 4.98 Å². The van der Waals surface area contributed by atoms with Crippen LogP contribution in [0.5, 0.6) is 11.5 Å². The molecule has 0 spiro atoms. The van der Waals surface area contributed by atoms with Gasteiger partial charge in [-0.1, -0.05) is 0 Å². The molecule has 108 valence electrons. The van der Waals surface area contributed by atoms with Crippen molar-refractivity contribution in [1.29, 1.82) is 0 Å². The van der Waals surface area contributed by atoms with Crippen LogP contribution in [-0.2, 0) is 4.74 Å². The monoisotopic (exact) mass is 389 g/mol. The van der Waals surface area contributed by atoms with Crippen molar-refractivity contribution in [3.05, 3.63) is 21.4 Å². The Bertz CT molecular complexity index is 621. The topological polar surface area (TPSA) is 60.6 Å². The Kier molecular flexibility index (Phi) is 4.87. The summed E-state index contributed by atoms with van der Waals surface area (Å²) in [4.78, 5) is 14.2. The van der Waals surface area contributed by atoms with Crippen LogP contribution < -0.4 is 9.47 Å². The fourth-order valence-electron chi connectivity index (χ4n) is 1.91. The van der Waals surface area contributed by atoms with Gasteiger partial charge in [-0.3, -0.25) is 4.79 Å². The van der Waals surface area contributed by atoms with E-state index in [0.717, 1.165) is 20.8 Å². The lowest BCUT2D eigenvalue weighted by atomic mass is 10.2. The highest BCUT2D eigenvalue weighted by molar-refractivity contribution is 14.1. The molecule has 2 aromatic rings. The van der Waals surface area contributed by atoms with Gasteiger partial charge in [-0.15, -0.1) is 0 Å². The van der Waals surface area contributed by atoms with E-state index in [1.165, 1.54) is 0 Å². The molecule has 0 amide bonds. The van der Waals surface area contributed by atoms with E-state index in [2.05, 4.69) is 27.6 Å². The summed E-state index contributed by atoms with van der Waals surface area (Å²) in [6.45, 7) is 4.06. The first-order valence-corrected chi connectivity index (χ1v) is 7.24. The Hall–Kier alpha value is -1.28. The number of fused-ring (bicyclic) bond motifs is 1. The van der Waals surface area contributed by atoms with Gasteiger partial charge in [0.15, 0.2) is 13.1 Å². The van der Waals surface area contributed by atoms with Crippen LogP contribution in [0.2, 0.25) is 0 Å². The lowest BCUT2D eigenvalue weighted by molar-refractivity contribution is 0.0521. The number of halogens is 1. The Labute approximate surface area is 130 Å². The number of H-pyrrole nitrogens is 1. The van der Waals surface area contributed by atoms with E-state index in [1.54, 1.807) is 7.11 Å². The summed E-state index contributed by atoms with van der Waals surface area (Å²) in [5.74, 6) is 1.36. The van der Waals surface area contributed by atoms with Gasteiger partial charge >= 0.3 is 0 Å². The summed E-state index contributed by atoms with van der Waals surface area (Å²) in [5, 5.41) is 0.836. The molecular formula is C14H16INO4. The van der Waals surface area contributed by atoms with E-state index in [4.69, 9.17) is 14.2 Å². The molecule has 1 aromatic heterocycles. The van der Waals surface area contributed by atoms with Gasteiger partial charge in [0, 0.05) is 7.11 Å². The highest BCUT2D eigenvalue weighted by atomic mass is 127. The van der Waals surface area contributed by atoms with Gasteiger partial charge in [0.05, 0.1) is 26.3 Å². The Balaban J connectivity index is 2.60. The standard InChI is InChI=1S/C14H16INO4/c1-8(2)20-11-5-4-10(19-7-18-3)12-13(15)9(6-17)16-14(11)12/h4-6,8,16H,7H2,1-3H3. The second-order valence-electron chi connectivity index (χ2n) is 4.50. The molecule has 0 aliphatic carbocycles. The minimum absolute atomic E-state index is 0.0459. The quantitative estimate of drug-likeness (QED) is 0.468. The Morgan fingerprint density at radius 2 is 2.05 bits per heavy atom. The maximum Gasteiger partial charge on any atom is 0.188 e. The van der Waals surface area contributed by atoms with Crippen LogP contribution in [0.1, 0.15) is 24.3 Å². The minimum Gasteiger partial charge on any atom is -0.489 e. The first-order valence-electron chi connectivity index (χ1n) is 6.16. The van der Waals surface area contributed by atoms with Gasteiger partial charge in [-0.25, -0.2) is 0 Å². The van der Waals surface area contributed by atoms with Crippen molar-refractivity contribution in [2.75, 3.05) is 13.9 Å². The second-order valence-corrected chi connectivity index (χ2v) is 5.58. The first-order chi connectivity index (χ1) is 9.58. The molecule has 0 atom stereocenters. The SMILES string of the molecule is COCOc1ccc(OC(C)C)c2[nH]c(C=O)c(I)c12. The number of aldehydes is 1. The molecule has 0 aliphatic rings. The molecule has 1 aromatic carbocycles. The molecular weight excluding hydrogens is 373 g/mol. The van der Waals surface area contributed by atoms with Gasteiger partial charge in [-0.2, -0.15) is 0 Å². The highest BCUT2D eigenvalue weighted by Crippen LogP contribution is 2.37. The Morgan fingerprint density at radius 1 is 1.35 bits per heavy atom. The lowest BCUT2D eigenvalue weighted by Crippen LogP contribution is -2.06. The van der Waals surface area contributed by atoms with Crippen molar-refractivity contribution in [2.45, 2.75) is 20.0 Å². The number of hydrogen-bond donors (Lipinski definition) is 1. The third kappa shape index (κ3) is 2.90. The van der Waals surface area contributed by atoms with E-state index in [0.29, 0.717) is 17.2 Å². The van der Waals surface area contributed by atoms with Crippen LogP contribution in [0.3, 0.4) is 0 Å². The number of methoxy groups -OCH3 is 1. The van der Waals surface area contributed by atoms with Crippen LogP contribution in [0.25, 0.3) is 10.9 Å². The first kappa shape index (κ1) is 15.1. The summed E-state index contributed by atoms with van der Waals surface area (Å²) < 4.78 is 17.1. The molecule has 0 fully saturated rings. The number of ether oxygens (including phenoxy) is 3. The third-order valence-corrected chi connectivity index (χ3v) is 3.78. The molecule has 0 saturated heterocycles. The fourth-order valence-corrected chi connectivity index (χ4v) is 2.70. The molecule has 0 unspecified atom stereocenters. The van der Waals surface area contributed by atoms with Crippen molar-refractivity contribution < 1.29 is 19.0 Å². The van der Waals surface area contributed by atoms with Gasteiger partial charge in [0.25, 0.3) is 0 Å². The van der Waals surface area contributed by atoms with E-state index < -0.39 is 0 Å². The van der Waals surface area contributed by atoms with Gasteiger partial charge in [0.2, 0.25) is 0 Å². The zero-order valence-corrected chi connectivity index (χ0v) is 13.7. The van der Waals surface area contributed by atoms with Gasteiger partial charge < -0.3 is 19.2 Å². The number of carbonyl (C=O) groups excluding carboxylic acids is 1. The number of aromatic nitrogens is 1. The summed E-state index contributed by atoms with van der Waals surface area (Å²) >= 11 is 2.12. The highest BCUT2D eigenvalue weighted by Gasteiger charge is 2.17. The molecule has 1 N–H and O–H groups in total. The minimum atomic E-state index is 0.0459. The summed E-state index contributed by atoms with van der Waals surface area (Å²) in [6, 6.07) is 3.65. The van der Waals surface area contributed by atoms with Crippen molar-refractivity contribution >= 4 is 39.8 Å². The predicted octanol–water partition coefficient (Wildman–Crippen LogP) is 3.35. The molecule has 0 saturated carbocycles. The zero-order valence-electron chi connectivity index (χ0n) is 11.5. The number of benzene rings is 1. The largest absolute Gasteiger partial charge is 0.489 e. The third-order valence-electron chi connectivity index (χ3n) is 2.66. The van der Waals surface area contributed by atoms with E-state index in [1.807, 2.05) is 26.0 Å². The normalized spacial score (nSPS) is 11.1. The molecule has 0 radical (unpaired) electrons. The summed E-state index contributed by atoms with van der Waals surface area (Å²) in [6.07, 6.45) is 0.839.